The van der Waals surface area contributed by atoms with Crippen molar-refractivity contribution in [3.8, 4) is 0 Å². The van der Waals surface area contributed by atoms with E-state index < -0.39 is 10.0 Å². The van der Waals surface area contributed by atoms with Crippen molar-refractivity contribution in [3.05, 3.63) is 29.8 Å². The van der Waals surface area contributed by atoms with Crippen LogP contribution in [0.15, 0.2) is 34.2 Å². The zero-order valence-corrected chi connectivity index (χ0v) is 13.8. The average molecular weight is 312 g/mol. The van der Waals surface area contributed by atoms with E-state index in [0.29, 0.717) is 12.6 Å². The summed E-state index contributed by atoms with van der Waals surface area (Å²) in [6, 6.07) is 7.10. The van der Waals surface area contributed by atoms with Crippen LogP contribution < -0.4 is 15.4 Å². The van der Waals surface area contributed by atoms with E-state index in [1.54, 1.807) is 31.3 Å². The normalized spacial score (nSPS) is 13.8. The fourth-order valence-electron chi connectivity index (χ4n) is 1.62. The Labute approximate surface area is 127 Å². The summed E-state index contributed by atoms with van der Waals surface area (Å²) in [4.78, 5) is 4.41. The lowest BCUT2D eigenvalue weighted by atomic mass is 10.2. The first-order valence-corrected chi connectivity index (χ1v) is 8.41. The van der Waals surface area contributed by atoms with Crippen LogP contribution in [0.25, 0.3) is 0 Å². The van der Waals surface area contributed by atoms with Gasteiger partial charge in [0.25, 0.3) is 0 Å². The van der Waals surface area contributed by atoms with E-state index in [-0.39, 0.29) is 4.90 Å². The number of rotatable bonds is 6. The largest absolute Gasteiger partial charge is 0.354 e. The summed E-state index contributed by atoms with van der Waals surface area (Å²) in [5.74, 6) is 0.733. The lowest BCUT2D eigenvalue weighted by Gasteiger charge is -2.16. The van der Waals surface area contributed by atoms with Gasteiger partial charge in [-0.2, -0.15) is 0 Å². The molecule has 118 valence electrons. The van der Waals surface area contributed by atoms with Gasteiger partial charge in [0.05, 0.1) is 4.90 Å². The number of nitrogens with zero attached hydrogens (tertiary/aromatic N) is 1. The second-order valence-corrected chi connectivity index (χ2v) is 6.62. The van der Waals surface area contributed by atoms with Gasteiger partial charge in [0.1, 0.15) is 0 Å². The molecule has 0 saturated carbocycles. The zero-order chi connectivity index (χ0) is 15.9. The van der Waals surface area contributed by atoms with Crippen molar-refractivity contribution < 1.29 is 8.42 Å². The van der Waals surface area contributed by atoms with Crippen LogP contribution >= 0.6 is 0 Å². The Kier molecular flexibility index (Phi) is 6.64. The second-order valence-electron chi connectivity index (χ2n) is 4.73. The summed E-state index contributed by atoms with van der Waals surface area (Å²) >= 11 is 0. The standard InChI is InChI=1S/C14H24N4O2S/c1-5-11(2)18-14(15-3)17-10-12-6-8-13(9-7-12)21(19,20)16-4/h6-9,11,16H,5,10H2,1-4H3,(H2,15,17,18). The average Bonchev–Trinajstić information content (AvgIpc) is 2.51. The summed E-state index contributed by atoms with van der Waals surface area (Å²) in [5.41, 5.74) is 0.983. The third kappa shape index (κ3) is 5.35. The number of sulfonamides is 1. The van der Waals surface area contributed by atoms with Crippen molar-refractivity contribution in [2.45, 2.75) is 37.8 Å². The maximum Gasteiger partial charge on any atom is 0.240 e. The molecular weight excluding hydrogens is 288 g/mol. The van der Waals surface area contributed by atoms with Crippen LogP contribution in [0.1, 0.15) is 25.8 Å². The van der Waals surface area contributed by atoms with Crippen molar-refractivity contribution in [3.63, 3.8) is 0 Å². The SMILES string of the molecule is CCC(C)NC(=NC)NCc1ccc(S(=O)(=O)NC)cc1. The number of aliphatic imine (C=N–C) groups is 1. The Morgan fingerprint density at radius 3 is 2.38 bits per heavy atom. The fraction of sp³-hybridized carbons (Fsp3) is 0.500. The van der Waals surface area contributed by atoms with E-state index >= 15 is 0 Å². The van der Waals surface area contributed by atoms with Crippen molar-refractivity contribution >= 4 is 16.0 Å². The smallest absolute Gasteiger partial charge is 0.240 e. The van der Waals surface area contributed by atoms with Crippen molar-refractivity contribution in [2.24, 2.45) is 4.99 Å². The maximum absolute atomic E-state index is 11.6. The molecule has 1 aromatic rings. The molecule has 0 aliphatic rings. The minimum Gasteiger partial charge on any atom is -0.354 e. The summed E-state index contributed by atoms with van der Waals surface area (Å²) in [6.45, 7) is 4.77. The molecule has 21 heavy (non-hydrogen) atoms. The van der Waals surface area contributed by atoms with Crippen molar-refractivity contribution in [1.29, 1.82) is 0 Å². The Hall–Kier alpha value is -1.60. The molecule has 0 bridgehead atoms. The monoisotopic (exact) mass is 312 g/mol. The first kappa shape index (κ1) is 17.5. The molecule has 3 N–H and O–H groups in total. The fourth-order valence-corrected chi connectivity index (χ4v) is 2.35. The number of hydrogen-bond acceptors (Lipinski definition) is 3. The minimum atomic E-state index is -3.38. The van der Waals surface area contributed by atoms with Gasteiger partial charge in [-0.1, -0.05) is 19.1 Å². The summed E-state index contributed by atoms with van der Waals surface area (Å²) in [7, 11) is -0.256. The topological polar surface area (TPSA) is 82.6 Å². The Bertz CT molecular complexity index is 567. The first-order valence-electron chi connectivity index (χ1n) is 6.92. The Morgan fingerprint density at radius 1 is 1.29 bits per heavy atom. The molecule has 6 nitrogen and oxygen atoms in total. The molecule has 0 saturated heterocycles. The number of guanidine groups is 1. The van der Waals surface area contributed by atoms with Gasteiger partial charge < -0.3 is 10.6 Å². The Morgan fingerprint density at radius 2 is 1.90 bits per heavy atom. The van der Waals surface area contributed by atoms with E-state index in [9.17, 15) is 8.42 Å². The van der Waals surface area contributed by atoms with Gasteiger partial charge in [-0.3, -0.25) is 4.99 Å². The number of nitrogens with one attached hydrogen (secondary N) is 3. The van der Waals surface area contributed by atoms with Gasteiger partial charge in [-0.25, -0.2) is 13.1 Å². The lowest BCUT2D eigenvalue weighted by Crippen LogP contribution is -2.41. The second kappa shape index (κ2) is 7.99. The quantitative estimate of drug-likeness (QED) is 0.542. The van der Waals surface area contributed by atoms with Crippen LogP contribution in [-0.2, 0) is 16.6 Å². The molecule has 0 radical (unpaired) electrons. The van der Waals surface area contributed by atoms with E-state index in [1.165, 1.54) is 7.05 Å². The molecule has 7 heteroatoms. The van der Waals surface area contributed by atoms with E-state index in [1.807, 2.05) is 0 Å². The van der Waals surface area contributed by atoms with Gasteiger partial charge in [0.15, 0.2) is 5.96 Å². The summed E-state index contributed by atoms with van der Waals surface area (Å²) in [6.07, 6.45) is 1.01. The van der Waals surface area contributed by atoms with Crippen LogP contribution in [0, 0.1) is 0 Å². The van der Waals surface area contributed by atoms with Crippen LogP contribution in [0.2, 0.25) is 0 Å². The van der Waals surface area contributed by atoms with Crippen LogP contribution in [-0.4, -0.2) is 34.5 Å². The van der Waals surface area contributed by atoms with E-state index in [0.717, 1.165) is 17.9 Å². The van der Waals surface area contributed by atoms with Crippen LogP contribution in [0.3, 0.4) is 0 Å². The van der Waals surface area contributed by atoms with Crippen LogP contribution in [0.5, 0.6) is 0 Å². The van der Waals surface area contributed by atoms with Crippen molar-refractivity contribution in [1.82, 2.24) is 15.4 Å². The molecule has 1 atom stereocenters. The molecule has 0 aliphatic carbocycles. The highest BCUT2D eigenvalue weighted by Crippen LogP contribution is 2.09. The van der Waals surface area contributed by atoms with Gasteiger partial charge >= 0.3 is 0 Å². The molecule has 1 aromatic carbocycles. The van der Waals surface area contributed by atoms with Gasteiger partial charge in [-0.05, 0) is 38.1 Å². The molecule has 1 unspecified atom stereocenters. The predicted molar refractivity (Wildman–Crippen MR) is 85.8 cm³/mol. The van der Waals surface area contributed by atoms with Crippen LogP contribution in [0.4, 0.5) is 0 Å². The molecule has 0 fully saturated rings. The third-order valence-electron chi connectivity index (χ3n) is 3.18. The highest BCUT2D eigenvalue weighted by atomic mass is 32.2. The molecule has 0 heterocycles. The summed E-state index contributed by atoms with van der Waals surface area (Å²) < 4.78 is 25.5. The molecule has 0 spiro atoms. The number of hydrogen-bond donors (Lipinski definition) is 3. The number of benzene rings is 1. The highest BCUT2D eigenvalue weighted by molar-refractivity contribution is 7.89. The third-order valence-corrected chi connectivity index (χ3v) is 4.61. The molecule has 0 aliphatic heterocycles. The molecule has 0 aromatic heterocycles. The van der Waals surface area contributed by atoms with Crippen molar-refractivity contribution in [2.75, 3.05) is 14.1 Å². The van der Waals surface area contributed by atoms with E-state index in [2.05, 4.69) is 34.2 Å². The predicted octanol–water partition coefficient (Wildman–Crippen LogP) is 1.06. The molecule has 1 rings (SSSR count). The zero-order valence-electron chi connectivity index (χ0n) is 13.0. The Balaban J connectivity index is 2.64. The maximum atomic E-state index is 11.6. The van der Waals surface area contributed by atoms with Gasteiger partial charge in [0.2, 0.25) is 10.0 Å². The molecular formula is C14H24N4O2S. The lowest BCUT2D eigenvalue weighted by molar-refractivity contribution is 0.588. The highest BCUT2D eigenvalue weighted by Gasteiger charge is 2.10. The van der Waals surface area contributed by atoms with Gasteiger partial charge in [0, 0.05) is 19.6 Å². The minimum absolute atomic E-state index is 0.260. The first-order chi connectivity index (χ1) is 9.92. The molecule has 0 amide bonds. The van der Waals surface area contributed by atoms with E-state index in [4.69, 9.17) is 0 Å². The van der Waals surface area contributed by atoms with Gasteiger partial charge in [-0.15, -0.1) is 0 Å². The summed E-state index contributed by atoms with van der Waals surface area (Å²) in [5, 5.41) is 6.46.